The molecule has 0 rings (SSSR count). The number of rotatable bonds is 5. The molecule has 1 atom stereocenters. The summed E-state index contributed by atoms with van der Waals surface area (Å²) in [5.41, 5.74) is 0. The molecule has 3 nitrogen and oxygen atoms in total. The van der Waals surface area contributed by atoms with Crippen LogP contribution in [-0.4, -0.2) is 24.5 Å². The maximum Gasteiger partial charge on any atom is 0.402 e. The second kappa shape index (κ2) is 5.53. The van der Waals surface area contributed by atoms with E-state index in [1.807, 2.05) is 0 Å². The molecule has 86 valence electrons. The van der Waals surface area contributed by atoms with Crippen molar-refractivity contribution in [2.24, 2.45) is 5.92 Å². The lowest BCUT2D eigenvalue weighted by Crippen LogP contribution is -2.33. The van der Waals surface area contributed by atoms with Crippen LogP contribution in [0.2, 0.25) is 0 Å². The van der Waals surface area contributed by atoms with Crippen molar-refractivity contribution >= 4 is 11.8 Å². The summed E-state index contributed by atoms with van der Waals surface area (Å²) < 4.78 is 41.1. The molecule has 0 saturated carbocycles. The molecule has 15 heavy (non-hydrogen) atoms. The van der Waals surface area contributed by atoms with E-state index >= 15 is 0 Å². The summed E-state index contributed by atoms with van der Waals surface area (Å²) in [5.74, 6) is -4.67. The Labute approximate surface area is 84.9 Å². The number of halogens is 3. The third-order valence-electron chi connectivity index (χ3n) is 1.60. The first-order valence-electron chi connectivity index (χ1n) is 4.21. The highest BCUT2D eigenvalue weighted by Gasteiger charge is 2.46. The third-order valence-corrected chi connectivity index (χ3v) is 1.60. The van der Waals surface area contributed by atoms with Crippen LogP contribution >= 0.6 is 0 Å². The number of esters is 1. The fourth-order valence-electron chi connectivity index (χ4n) is 0.860. The molecule has 6 heteroatoms. The van der Waals surface area contributed by atoms with Gasteiger partial charge in [-0.15, -0.1) is 0 Å². The van der Waals surface area contributed by atoms with Crippen molar-refractivity contribution in [2.45, 2.75) is 19.5 Å². The van der Waals surface area contributed by atoms with Gasteiger partial charge >= 0.3 is 12.1 Å². The van der Waals surface area contributed by atoms with Gasteiger partial charge in [-0.05, 0) is 13.0 Å². The number of ketones is 1. The Morgan fingerprint density at radius 3 is 2.33 bits per heavy atom. The van der Waals surface area contributed by atoms with Crippen LogP contribution in [0.5, 0.6) is 0 Å². The van der Waals surface area contributed by atoms with Gasteiger partial charge in [0.05, 0.1) is 6.61 Å². The number of ether oxygens (including phenoxy) is 1. The van der Waals surface area contributed by atoms with E-state index in [1.165, 1.54) is 6.92 Å². The van der Waals surface area contributed by atoms with Crippen molar-refractivity contribution in [1.82, 2.24) is 0 Å². The maximum atomic E-state index is 12.3. The van der Waals surface area contributed by atoms with Crippen LogP contribution < -0.4 is 0 Å². The van der Waals surface area contributed by atoms with Crippen molar-refractivity contribution in [1.29, 1.82) is 0 Å². The second-order valence-corrected chi connectivity index (χ2v) is 2.72. The van der Waals surface area contributed by atoms with Gasteiger partial charge in [-0.1, -0.05) is 6.58 Å². The molecule has 0 aliphatic heterocycles. The number of alkyl halides is 3. The van der Waals surface area contributed by atoms with E-state index in [0.717, 1.165) is 6.08 Å². The first kappa shape index (κ1) is 13.7. The Bertz CT molecular complexity index is 258. The quantitative estimate of drug-likeness (QED) is 0.529. The van der Waals surface area contributed by atoms with E-state index in [2.05, 4.69) is 11.3 Å². The summed E-state index contributed by atoms with van der Waals surface area (Å²) in [5, 5.41) is 0. The topological polar surface area (TPSA) is 43.4 Å². The summed E-state index contributed by atoms with van der Waals surface area (Å²) >= 11 is 0. The zero-order chi connectivity index (χ0) is 12.1. The normalized spacial score (nSPS) is 13.1. The van der Waals surface area contributed by atoms with Gasteiger partial charge in [0.1, 0.15) is 0 Å². The molecule has 0 spiro atoms. The molecule has 0 fully saturated rings. The minimum absolute atomic E-state index is 0.159. The smallest absolute Gasteiger partial charge is 0.402 e. The largest absolute Gasteiger partial charge is 0.466 e. The van der Waals surface area contributed by atoms with E-state index in [4.69, 9.17) is 0 Å². The summed E-state index contributed by atoms with van der Waals surface area (Å²) in [6.45, 7) is 4.26. The number of hydrogen-bond acceptors (Lipinski definition) is 3. The van der Waals surface area contributed by atoms with Gasteiger partial charge in [0.25, 0.3) is 0 Å². The monoisotopic (exact) mass is 224 g/mol. The molecule has 0 aromatic heterocycles. The molecule has 0 aliphatic carbocycles. The zero-order valence-corrected chi connectivity index (χ0v) is 8.13. The van der Waals surface area contributed by atoms with Gasteiger partial charge in [-0.25, -0.2) is 0 Å². The minimum atomic E-state index is -4.77. The highest BCUT2D eigenvalue weighted by atomic mass is 19.4. The molecule has 0 radical (unpaired) electrons. The van der Waals surface area contributed by atoms with Crippen LogP contribution in [0, 0.1) is 5.92 Å². The van der Waals surface area contributed by atoms with Crippen LogP contribution in [-0.2, 0) is 14.3 Å². The SMILES string of the molecule is C=CC(=O)CC(C(=O)OCC)C(F)(F)F. The Morgan fingerprint density at radius 1 is 1.47 bits per heavy atom. The lowest BCUT2D eigenvalue weighted by molar-refractivity contribution is -0.198. The summed E-state index contributed by atoms with van der Waals surface area (Å²) in [7, 11) is 0. The molecule has 0 aromatic rings. The molecule has 0 aromatic carbocycles. The molecule has 0 aliphatic rings. The first-order chi connectivity index (χ1) is 6.82. The Hall–Kier alpha value is -1.33. The third kappa shape index (κ3) is 4.62. The number of hydrogen-bond donors (Lipinski definition) is 0. The van der Waals surface area contributed by atoms with E-state index in [1.54, 1.807) is 0 Å². The van der Waals surface area contributed by atoms with Crippen LogP contribution in [0.3, 0.4) is 0 Å². The van der Waals surface area contributed by atoms with Gasteiger partial charge in [0.2, 0.25) is 0 Å². The first-order valence-corrected chi connectivity index (χ1v) is 4.21. The van der Waals surface area contributed by atoms with Crippen molar-refractivity contribution in [3.8, 4) is 0 Å². The summed E-state index contributed by atoms with van der Waals surface area (Å²) in [6.07, 6.45) is -4.98. The molecule has 0 N–H and O–H groups in total. The second-order valence-electron chi connectivity index (χ2n) is 2.72. The predicted molar refractivity (Wildman–Crippen MR) is 46.0 cm³/mol. The van der Waals surface area contributed by atoms with Crippen molar-refractivity contribution in [3.05, 3.63) is 12.7 Å². The summed E-state index contributed by atoms with van der Waals surface area (Å²) in [6, 6.07) is 0. The molecular formula is C9H11F3O3. The molecule has 0 saturated heterocycles. The van der Waals surface area contributed by atoms with E-state index < -0.39 is 30.3 Å². The predicted octanol–water partition coefficient (Wildman–Crippen LogP) is 1.87. The average Bonchev–Trinajstić information content (AvgIpc) is 2.12. The van der Waals surface area contributed by atoms with Gasteiger partial charge in [-0.3, -0.25) is 9.59 Å². The Morgan fingerprint density at radius 2 is 2.00 bits per heavy atom. The molecule has 0 heterocycles. The standard InChI is InChI=1S/C9H11F3O3/c1-3-6(13)5-7(9(10,11)12)8(14)15-4-2/h3,7H,1,4-5H2,2H3. The number of allylic oxidation sites excluding steroid dienone is 1. The Balaban J connectivity index is 4.66. The molecule has 0 bridgehead atoms. The fraction of sp³-hybridized carbons (Fsp3) is 0.556. The van der Waals surface area contributed by atoms with Crippen LogP contribution in [0.1, 0.15) is 13.3 Å². The van der Waals surface area contributed by atoms with Crippen LogP contribution in [0.15, 0.2) is 12.7 Å². The lowest BCUT2D eigenvalue weighted by Gasteiger charge is -2.17. The van der Waals surface area contributed by atoms with E-state index in [9.17, 15) is 22.8 Å². The molecule has 1 unspecified atom stereocenters. The van der Waals surface area contributed by atoms with Gasteiger partial charge in [-0.2, -0.15) is 13.2 Å². The fourth-order valence-corrected chi connectivity index (χ4v) is 0.860. The number of carbonyl (C=O) groups excluding carboxylic acids is 2. The van der Waals surface area contributed by atoms with Crippen molar-refractivity contribution < 1.29 is 27.5 Å². The minimum Gasteiger partial charge on any atom is -0.466 e. The van der Waals surface area contributed by atoms with E-state index in [-0.39, 0.29) is 6.61 Å². The van der Waals surface area contributed by atoms with Gasteiger partial charge in [0, 0.05) is 6.42 Å². The zero-order valence-electron chi connectivity index (χ0n) is 8.13. The van der Waals surface area contributed by atoms with Crippen LogP contribution in [0.25, 0.3) is 0 Å². The van der Waals surface area contributed by atoms with E-state index in [0.29, 0.717) is 0 Å². The average molecular weight is 224 g/mol. The number of carbonyl (C=O) groups is 2. The highest BCUT2D eigenvalue weighted by Crippen LogP contribution is 2.30. The molecule has 0 amide bonds. The van der Waals surface area contributed by atoms with Crippen molar-refractivity contribution in [3.63, 3.8) is 0 Å². The van der Waals surface area contributed by atoms with Gasteiger partial charge in [0.15, 0.2) is 11.7 Å². The highest BCUT2D eigenvalue weighted by molar-refractivity contribution is 5.92. The van der Waals surface area contributed by atoms with Gasteiger partial charge < -0.3 is 4.74 Å². The maximum absolute atomic E-state index is 12.3. The van der Waals surface area contributed by atoms with Crippen molar-refractivity contribution in [2.75, 3.05) is 6.61 Å². The Kier molecular flexibility index (Phi) is 5.04. The molecular weight excluding hydrogens is 213 g/mol. The van der Waals surface area contributed by atoms with Crippen LogP contribution in [0.4, 0.5) is 13.2 Å². The summed E-state index contributed by atoms with van der Waals surface area (Å²) in [4.78, 5) is 21.7. The lowest BCUT2D eigenvalue weighted by atomic mass is 10.0.